The molecule has 118 valence electrons. The van der Waals surface area contributed by atoms with Gasteiger partial charge in [0.15, 0.2) is 5.82 Å². The molecule has 1 aliphatic heterocycles. The number of ether oxygens (including phenoxy) is 1. The lowest BCUT2D eigenvalue weighted by atomic mass is 10.2. The molecule has 1 atom stereocenters. The average Bonchev–Trinajstić information content (AvgIpc) is 3.08. The summed E-state index contributed by atoms with van der Waals surface area (Å²) in [6.45, 7) is 3.57. The first-order valence-electron chi connectivity index (χ1n) is 7.46. The first-order valence-corrected chi connectivity index (χ1v) is 7.46. The van der Waals surface area contributed by atoms with Crippen LogP contribution in [-0.4, -0.2) is 47.2 Å². The van der Waals surface area contributed by atoms with Crippen LogP contribution in [0.3, 0.4) is 0 Å². The number of carbonyl (C=O) groups excluding carboxylic acids is 1. The summed E-state index contributed by atoms with van der Waals surface area (Å²) in [5.41, 5.74) is 6.40. The minimum absolute atomic E-state index is 0.0117. The molecule has 2 rings (SSSR count). The van der Waals surface area contributed by atoms with E-state index in [1.807, 2.05) is 4.90 Å². The number of nitrogens with zero attached hydrogens (tertiary/aromatic N) is 3. The number of hydrogen-bond acceptors (Lipinski definition) is 6. The highest BCUT2D eigenvalue weighted by molar-refractivity contribution is 5.99. The molecular weight excluding hydrogens is 272 g/mol. The monoisotopic (exact) mass is 296 g/mol. The van der Waals surface area contributed by atoms with Gasteiger partial charge in [0.2, 0.25) is 0 Å². The van der Waals surface area contributed by atoms with Crippen molar-refractivity contribution in [1.29, 1.82) is 0 Å². The van der Waals surface area contributed by atoms with Gasteiger partial charge in [0.1, 0.15) is 11.4 Å². The van der Waals surface area contributed by atoms with Gasteiger partial charge in [-0.15, -0.1) is 0 Å². The maximum Gasteiger partial charge on any atom is 0.345 e. The second-order valence-electron chi connectivity index (χ2n) is 5.32. The Morgan fingerprint density at radius 2 is 2.33 bits per heavy atom. The average molecular weight is 296 g/mol. The van der Waals surface area contributed by atoms with Gasteiger partial charge >= 0.3 is 5.97 Å². The Balaban J connectivity index is 2.40. The molecule has 21 heavy (non-hydrogen) atoms. The minimum Gasteiger partial charge on any atom is -0.465 e. The van der Waals surface area contributed by atoms with Crippen LogP contribution in [0.15, 0.2) is 0 Å². The molecule has 1 aliphatic rings. The van der Waals surface area contributed by atoms with E-state index < -0.39 is 5.97 Å². The van der Waals surface area contributed by atoms with E-state index in [-0.39, 0.29) is 12.6 Å². The molecule has 3 N–H and O–H groups in total. The summed E-state index contributed by atoms with van der Waals surface area (Å²) < 4.78 is 6.51. The Labute approximate surface area is 124 Å². The van der Waals surface area contributed by atoms with Gasteiger partial charge in [0.25, 0.3) is 0 Å². The maximum absolute atomic E-state index is 12.0. The van der Waals surface area contributed by atoms with Crippen molar-refractivity contribution < 1.29 is 14.6 Å². The van der Waals surface area contributed by atoms with E-state index in [1.165, 1.54) is 7.11 Å². The summed E-state index contributed by atoms with van der Waals surface area (Å²) in [6.07, 6.45) is 3.81. The normalized spacial score (nSPS) is 18.2. The summed E-state index contributed by atoms with van der Waals surface area (Å²) in [7, 11) is 1.34. The Kier molecular flexibility index (Phi) is 5.06. The Morgan fingerprint density at radius 1 is 1.57 bits per heavy atom. The number of nitrogen functional groups attached to an aromatic ring is 1. The van der Waals surface area contributed by atoms with Gasteiger partial charge in [-0.25, -0.2) is 9.48 Å². The van der Waals surface area contributed by atoms with Gasteiger partial charge in [-0.2, -0.15) is 5.10 Å². The van der Waals surface area contributed by atoms with Gasteiger partial charge in [-0.05, 0) is 19.3 Å². The summed E-state index contributed by atoms with van der Waals surface area (Å²) in [6, 6.07) is -0.0117. The number of esters is 1. The SMILES string of the molecule is CCCCn1nc(N2CCCC2CO)c(C(=O)OC)c1N. The number of nitrogens with two attached hydrogens (primary N) is 1. The van der Waals surface area contributed by atoms with Gasteiger partial charge in [-0.1, -0.05) is 13.3 Å². The van der Waals surface area contributed by atoms with Crippen molar-refractivity contribution in [2.45, 2.75) is 45.2 Å². The number of rotatable bonds is 6. The Bertz CT molecular complexity index is 501. The molecule has 0 aliphatic carbocycles. The second kappa shape index (κ2) is 6.80. The van der Waals surface area contributed by atoms with Crippen LogP contribution in [0.1, 0.15) is 43.0 Å². The highest BCUT2D eigenvalue weighted by Crippen LogP contribution is 2.31. The van der Waals surface area contributed by atoms with Crippen LogP contribution >= 0.6 is 0 Å². The molecule has 0 saturated carbocycles. The fourth-order valence-electron chi connectivity index (χ4n) is 2.74. The molecule has 0 aromatic carbocycles. The maximum atomic E-state index is 12.0. The van der Waals surface area contributed by atoms with Crippen molar-refractivity contribution in [2.75, 3.05) is 30.9 Å². The highest BCUT2D eigenvalue weighted by atomic mass is 16.5. The lowest BCUT2D eigenvalue weighted by Gasteiger charge is -2.23. The lowest BCUT2D eigenvalue weighted by molar-refractivity contribution is 0.0602. The molecule has 0 radical (unpaired) electrons. The van der Waals surface area contributed by atoms with Crippen molar-refractivity contribution in [3.05, 3.63) is 5.56 Å². The van der Waals surface area contributed by atoms with Crippen LogP contribution in [-0.2, 0) is 11.3 Å². The number of aliphatic hydroxyl groups is 1. The lowest BCUT2D eigenvalue weighted by Crippen LogP contribution is -2.33. The van der Waals surface area contributed by atoms with Crippen molar-refractivity contribution >= 4 is 17.6 Å². The zero-order valence-corrected chi connectivity index (χ0v) is 12.7. The summed E-state index contributed by atoms with van der Waals surface area (Å²) in [4.78, 5) is 14.0. The van der Waals surface area contributed by atoms with E-state index in [9.17, 15) is 9.90 Å². The van der Waals surface area contributed by atoms with Crippen molar-refractivity contribution in [1.82, 2.24) is 9.78 Å². The molecule has 1 fully saturated rings. The third kappa shape index (κ3) is 2.97. The first-order chi connectivity index (χ1) is 10.1. The van der Waals surface area contributed by atoms with Crippen molar-refractivity contribution in [3.63, 3.8) is 0 Å². The highest BCUT2D eigenvalue weighted by Gasteiger charge is 2.32. The zero-order valence-electron chi connectivity index (χ0n) is 12.7. The predicted octanol–water partition coefficient (Wildman–Crippen LogP) is 1.01. The van der Waals surface area contributed by atoms with E-state index in [0.717, 1.165) is 32.2 Å². The molecule has 1 saturated heterocycles. The van der Waals surface area contributed by atoms with Crippen LogP contribution in [0.4, 0.5) is 11.6 Å². The van der Waals surface area contributed by atoms with Crippen LogP contribution < -0.4 is 10.6 Å². The number of unbranched alkanes of at least 4 members (excludes halogenated alkanes) is 1. The number of aliphatic hydroxyl groups excluding tert-OH is 1. The smallest absolute Gasteiger partial charge is 0.345 e. The molecule has 0 bridgehead atoms. The number of carbonyl (C=O) groups is 1. The number of anilines is 2. The number of aromatic nitrogens is 2. The quantitative estimate of drug-likeness (QED) is 0.761. The summed E-state index contributed by atoms with van der Waals surface area (Å²) >= 11 is 0. The van der Waals surface area contributed by atoms with Gasteiger partial charge in [0.05, 0.1) is 19.8 Å². The zero-order chi connectivity index (χ0) is 15.4. The predicted molar refractivity (Wildman–Crippen MR) is 80.3 cm³/mol. The Hall–Kier alpha value is -1.76. The molecule has 1 unspecified atom stereocenters. The third-order valence-corrected chi connectivity index (χ3v) is 3.95. The van der Waals surface area contributed by atoms with Crippen LogP contribution in [0.2, 0.25) is 0 Å². The first kappa shape index (κ1) is 15.6. The largest absolute Gasteiger partial charge is 0.465 e. The minimum atomic E-state index is -0.478. The molecule has 0 amide bonds. The van der Waals surface area contributed by atoms with E-state index in [2.05, 4.69) is 12.0 Å². The van der Waals surface area contributed by atoms with E-state index >= 15 is 0 Å². The van der Waals surface area contributed by atoms with Crippen LogP contribution in [0.5, 0.6) is 0 Å². The molecule has 0 spiro atoms. The molecule has 2 heterocycles. The van der Waals surface area contributed by atoms with Crippen LogP contribution in [0, 0.1) is 0 Å². The van der Waals surface area contributed by atoms with Crippen molar-refractivity contribution in [3.8, 4) is 0 Å². The molecule has 7 nitrogen and oxygen atoms in total. The summed E-state index contributed by atoms with van der Waals surface area (Å²) in [5, 5.41) is 14.0. The molecule has 1 aromatic rings. The number of methoxy groups -OCH3 is 1. The number of aryl methyl sites for hydroxylation is 1. The standard InChI is InChI=1S/C14H24N4O3/c1-3-4-8-18-12(15)11(14(20)21-2)13(16-18)17-7-5-6-10(17)9-19/h10,19H,3-9,15H2,1-2H3. The Morgan fingerprint density at radius 3 is 2.95 bits per heavy atom. The van der Waals surface area contributed by atoms with Gasteiger partial charge in [-0.3, -0.25) is 0 Å². The van der Waals surface area contributed by atoms with Gasteiger partial charge < -0.3 is 20.5 Å². The van der Waals surface area contributed by atoms with Crippen molar-refractivity contribution in [2.24, 2.45) is 0 Å². The molecular formula is C14H24N4O3. The van der Waals surface area contributed by atoms with Gasteiger partial charge in [0, 0.05) is 13.1 Å². The topological polar surface area (TPSA) is 93.6 Å². The second-order valence-corrected chi connectivity index (χ2v) is 5.32. The molecule has 7 heteroatoms. The number of hydrogen-bond donors (Lipinski definition) is 2. The fourth-order valence-corrected chi connectivity index (χ4v) is 2.74. The van der Waals surface area contributed by atoms with E-state index in [0.29, 0.717) is 23.7 Å². The summed E-state index contributed by atoms with van der Waals surface area (Å²) in [5.74, 6) is 0.398. The van der Waals surface area contributed by atoms with E-state index in [4.69, 9.17) is 10.5 Å². The third-order valence-electron chi connectivity index (χ3n) is 3.95. The molecule has 1 aromatic heterocycles. The van der Waals surface area contributed by atoms with Crippen LogP contribution in [0.25, 0.3) is 0 Å². The van der Waals surface area contributed by atoms with E-state index in [1.54, 1.807) is 4.68 Å². The fraction of sp³-hybridized carbons (Fsp3) is 0.714.